The van der Waals surface area contributed by atoms with Crippen LogP contribution < -0.4 is 10.6 Å². The van der Waals surface area contributed by atoms with E-state index >= 15 is 0 Å². The number of benzene rings is 1. The Morgan fingerprint density at radius 1 is 0.941 bits per heavy atom. The number of amides is 1. The molecule has 0 radical (unpaired) electrons. The monoisotopic (exact) mass is 232 g/mol. The number of carbonyl (C=O) groups excluding carboxylic acids is 2. The highest BCUT2D eigenvalue weighted by Crippen LogP contribution is 2.10. The number of Topliss-reactive ketones (excluding diaryl/α,β-unsaturated/α-hetero) is 1. The van der Waals surface area contributed by atoms with Crippen molar-refractivity contribution in [1.29, 1.82) is 0 Å². The molecule has 2 aliphatic heterocycles. The van der Waals surface area contributed by atoms with E-state index in [1.54, 1.807) is 12.1 Å². The lowest BCUT2D eigenvalue weighted by atomic mass is 10.2. The van der Waals surface area contributed by atoms with Crippen molar-refractivity contribution in [2.75, 3.05) is 18.4 Å². The number of hydrogen-bond acceptors (Lipinski definition) is 3. The molecule has 1 aromatic rings. The molecule has 0 spiro atoms. The van der Waals surface area contributed by atoms with Gasteiger partial charge in [0.25, 0.3) is 5.91 Å². The molecule has 1 aromatic carbocycles. The Kier molecular flexibility index (Phi) is 3.75. The maximum atomic E-state index is 11.7. The molecule has 0 saturated carbocycles. The quantitative estimate of drug-likeness (QED) is 0.714. The first-order chi connectivity index (χ1) is 8.25. The number of ketones is 1. The average molecular weight is 232 g/mol. The van der Waals surface area contributed by atoms with Gasteiger partial charge in [-0.05, 0) is 37.1 Å². The number of anilines is 1. The number of hydrogen-bond donors (Lipinski definition) is 2. The molecule has 2 heterocycles. The van der Waals surface area contributed by atoms with E-state index < -0.39 is 0 Å². The van der Waals surface area contributed by atoms with Crippen molar-refractivity contribution in [3.05, 3.63) is 29.8 Å². The average Bonchev–Trinajstić information content (AvgIpc) is 2.37. The van der Waals surface area contributed by atoms with Crippen LogP contribution >= 0.6 is 0 Å². The highest BCUT2D eigenvalue weighted by Gasteiger charge is 2.07. The van der Waals surface area contributed by atoms with Crippen LogP contribution in [0.4, 0.5) is 5.69 Å². The van der Waals surface area contributed by atoms with Crippen LogP contribution in [-0.4, -0.2) is 24.8 Å². The summed E-state index contributed by atoms with van der Waals surface area (Å²) >= 11 is 0. The van der Waals surface area contributed by atoms with E-state index in [0.717, 1.165) is 18.5 Å². The molecule has 2 bridgehead atoms. The first kappa shape index (κ1) is 11.6. The summed E-state index contributed by atoms with van der Waals surface area (Å²) in [5, 5.41) is 5.90. The molecule has 0 fully saturated rings. The molecular formula is C13H16N2O2. The second kappa shape index (κ2) is 5.48. The summed E-state index contributed by atoms with van der Waals surface area (Å²) in [6, 6.07) is 7.17. The van der Waals surface area contributed by atoms with E-state index in [4.69, 9.17) is 0 Å². The van der Waals surface area contributed by atoms with Gasteiger partial charge in [-0.25, -0.2) is 0 Å². The van der Waals surface area contributed by atoms with Crippen molar-refractivity contribution in [3.63, 3.8) is 0 Å². The SMILES string of the molecule is O=C1CCCCNC(=O)c2ccc(cc2)NC1. The summed E-state index contributed by atoms with van der Waals surface area (Å²) in [6.45, 7) is 0.988. The maximum absolute atomic E-state index is 11.7. The number of nitrogens with one attached hydrogen (secondary N) is 2. The molecule has 0 unspecified atom stereocenters. The standard InChI is InChI=1S/C13H16N2O2/c16-12-3-1-2-8-14-13(17)10-4-6-11(7-5-10)15-9-12/h4-7,15H,1-3,8-9H2,(H,14,17). The molecule has 4 nitrogen and oxygen atoms in total. The van der Waals surface area contributed by atoms with Crippen LogP contribution in [0.2, 0.25) is 0 Å². The molecule has 3 rings (SSSR count). The summed E-state index contributed by atoms with van der Waals surface area (Å²) < 4.78 is 0. The Balaban J connectivity index is 2.12. The lowest BCUT2D eigenvalue weighted by Crippen LogP contribution is -2.24. The summed E-state index contributed by atoms with van der Waals surface area (Å²) in [5.41, 5.74) is 1.52. The topological polar surface area (TPSA) is 58.2 Å². The first-order valence-corrected chi connectivity index (χ1v) is 5.89. The predicted octanol–water partition coefficient (Wildman–Crippen LogP) is 1.58. The van der Waals surface area contributed by atoms with Crippen LogP contribution in [0.3, 0.4) is 0 Å². The molecule has 0 aliphatic carbocycles. The molecular weight excluding hydrogens is 216 g/mol. The van der Waals surface area contributed by atoms with Gasteiger partial charge in [0.15, 0.2) is 5.78 Å². The van der Waals surface area contributed by atoms with Gasteiger partial charge in [-0.15, -0.1) is 0 Å². The Labute approximate surface area is 100 Å². The van der Waals surface area contributed by atoms with E-state index in [9.17, 15) is 9.59 Å². The van der Waals surface area contributed by atoms with Crippen LogP contribution in [-0.2, 0) is 4.79 Å². The lowest BCUT2D eigenvalue weighted by molar-refractivity contribution is -0.117. The van der Waals surface area contributed by atoms with Gasteiger partial charge >= 0.3 is 0 Å². The van der Waals surface area contributed by atoms with Gasteiger partial charge in [-0.1, -0.05) is 0 Å². The van der Waals surface area contributed by atoms with Crippen molar-refractivity contribution in [3.8, 4) is 0 Å². The van der Waals surface area contributed by atoms with Crippen LogP contribution in [0.1, 0.15) is 29.6 Å². The number of carbonyl (C=O) groups is 2. The number of rotatable bonds is 0. The van der Waals surface area contributed by atoms with Gasteiger partial charge in [-0.3, -0.25) is 9.59 Å². The Hall–Kier alpha value is -1.84. The second-order valence-corrected chi connectivity index (χ2v) is 4.18. The van der Waals surface area contributed by atoms with Crippen molar-refractivity contribution in [1.82, 2.24) is 5.32 Å². The highest BCUT2D eigenvalue weighted by atomic mass is 16.1. The zero-order valence-corrected chi connectivity index (χ0v) is 9.66. The Morgan fingerprint density at radius 2 is 1.71 bits per heavy atom. The summed E-state index contributed by atoms with van der Waals surface area (Å²) in [6.07, 6.45) is 2.24. The van der Waals surface area contributed by atoms with Gasteiger partial charge in [-0.2, -0.15) is 0 Å². The van der Waals surface area contributed by atoms with Gasteiger partial charge in [0.05, 0.1) is 6.54 Å². The van der Waals surface area contributed by atoms with E-state index in [-0.39, 0.29) is 11.7 Å². The minimum Gasteiger partial charge on any atom is -0.378 e. The van der Waals surface area contributed by atoms with Crippen molar-refractivity contribution in [2.24, 2.45) is 0 Å². The zero-order chi connectivity index (χ0) is 12.1. The van der Waals surface area contributed by atoms with Crippen molar-refractivity contribution < 1.29 is 9.59 Å². The zero-order valence-electron chi connectivity index (χ0n) is 9.66. The largest absolute Gasteiger partial charge is 0.378 e. The Morgan fingerprint density at radius 3 is 2.47 bits per heavy atom. The predicted molar refractivity (Wildman–Crippen MR) is 66.1 cm³/mol. The van der Waals surface area contributed by atoms with E-state index in [0.29, 0.717) is 25.1 Å². The molecule has 0 saturated heterocycles. The fourth-order valence-electron chi connectivity index (χ4n) is 1.78. The van der Waals surface area contributed by atoms with Crippen LogP contribution in [0.15, 0.2) is 24.3 Å². The second-order valence-electron chi connectivity index (χ2n) is 4.18. The molecule has 4 heteroatoms. The lowest BCUT2D eigenvalue weighted by Gasteiger charge is -2.05. The van der Waals surface area contributed by atoms with Gasteiger partial charge in [0.2, 0.25) is 0 Å². The number of fused-ring (bicyclic) bond motifs is 10. The molecule has 1 amide bonds. The fourth-order valence-corrected chi connectivity index (χ4v) is 1.78. The summed E-state index contributed by atoms with van der Waals surface area (Å²) in [4.78, 5) is 23.2. The molecule has 2 N–H and O–H groups in total. The molecule has 90 valence electrons. The van der Waals surface area contributed by atoms with Crippen molar-refractivity contribution >= 4 is 17.4 Å². The van der Waals surface area contributed by atoms with E-state index in [1.165, 1.54) is 0 Å². The van der Waals surface area contributed by atoms with Gasteiger partial charge < -0.3 is 10.6 Å². The van der Waals surface area contributed by atoms with Crippen LogP contribution in [0.5, 0.6) is 0 Å². The fraction of sp³-hybridized carbons (Fsp3) is 0.385. The third kappa shape index (κ3) is 3.31. The summed E-state index contributed by atoms with van der Waals surface area (Å²) in [7, 11) is 0. The van der Waals surface area contributed by atoms with Gasteiger partial charge in [0.1, 0.15) is 0 Å². The van der Waals surface area contributed by atoms with Crippen LogP contribution in [0.25, 0.3) is 0 Å². The third-order valence-corrected chi connectivity index (χ3v) is 2.80. The Bertz CT molecular complexity index is 412. The molecule has 0 atom stereocenters. The normalized spacial score (nSPS) is 17.4. The maximum Gasteiger partial charge on any atom is 0.251 e. The third-order valence-electron chi connectivity index (χ3n) is 2.80. The first-order valence-electron chi connectivity index (χ1n) is 5.89. The van der Waals surface area contributed by atoms with Crippen LogP contribution in [0, 0.1) is 0 Å². The minimum absolute atomic E-state index is 0.0536. The van der Waals surface area contributed by atoms with Crippen molar-refractivity contribution in [2.45, 2.75) is 19.3 Å². The van der Waals surface area contributed by atoms with E-state index in [1.807, 2.05) is 12.1 Å². The molecule has 17 heavy (non-hydrogen) atoms. The minimum atomic E-state index is -0.0536. The summed E-state index contributed by atoms with van der Waals surface area (Å²) in [5.74, 6) is 0.154. The van der Waals surface area contributed by atoms with E-state index in [2.05, 4.69) is 10.6 Å². The van der Waals surface area contributed by atoms with Gasteiger partial charge in [0, 0.05) is 24.2 Å². The molecule has 2 aliphatic rings. The molecule has 0 aromatic heterocycles. The highest BCUT2D eigenvalue weighted by molar-refractivity contribution is 5.94. The smallest absolute Gasteiger partial charge is 0.251 e.